The smallest absolute Gasteiger partial charge is 0.261 e. The van der Waals surface area contributed by atoms with E-state index in [4.69, 9.17) is 15.5 Å². The fourth-order valence-corrected chi connectivity index (χ4v) is 3.15. The van der Waals surface area contributed by atoms with Crippen molar-refractivity contribution in [3.05, 3.63) is 34.4 Å². The van der Waals surface area contributed by atoms with E-state index in [0.29, 0.717) is 30.1 Å². The van der Waals surface area contributed by atoms with Crippen molar-refractivity contribution < 1.29 is 4.74 Å². The molecule has 5 nitrogen and oxygen atoms in total. The minimum atomic E-state index is -0.00810. The summed E-state index contributed by atoms with van der Waals surface area (Å²) < 4.78 is 6.92. The van der Waals surface area contributed by atoms with Crippen molar-refractivity contribution >= 4 is 16.6 Å². The maximum absolute atomic E-state index is 12.8. The summed E-state index contributed by atoms with van der Waals surface area (Å²) >= 11 is 0. The second-order valence-corrected chi connectivity index (χ2v) is 5.68. The summed E-state index contributed by atoms with van der Waals surface area (Å²) in [6, 6.07) is 5.35. The van der Waals surface area contributed by atoms with Gasteiger partial charge in [0, 0.05) is 18.7 Å². The summed E-state index contributed by atoms with van der Waals surface area (Å²) in [6.07, 6.45) is 4.65. The third kappa shape index (κ3) is 3.72. The second kappa shape index (κ2) is 8.11. The van der Waals surface area contributed by atoms with E-state index >= 15 is 0 Å². The Bertz CT molecular complexity index is 703. The molecule has 1 saturated carbocycles. The highest BCUT2D eigenvalue weighted by atomic mass is 16.5. The average molecular weight is 317 g/mol. The summed E-state index contributed by atoms with van der Waals surface area (Å²) in [5.74, 6) is 1.29. The number of benzene rings is 1. The Kier molecular flexibility index (Phi) is 6.16. The van der Waals surface area contributed by atoms with Crippen LogP contribution in [0, 0.1) is 0 Å². The number of methoxy groups -OCH3 is 1. The molecule has 23 heavy (non-hydrogen) atoms. The molecule has 1 aromatic carbocycles. The van der Waals surface area contributed by atoms with E-state index in [-0.39, 0.29) is 5.56 Å². The average Bonchev–Trinajstić information content (AvgIpc) is 3.10. The molecule has 0 radical (unpaired) electrons. The molecule has 1 heterocycles. The Morgan fingerprint density at radius 3 is 2.65 bits per heavy atom. The van der Waals surface area contributed by atoms with E-state index in [1.165, 1.54) is 12.8 Å². The van der Waals surface area contributed by atoms with Crippen molar-refractivity contribution in [2.75, 3.05) is 19.5 Å². The lowest BCUT2D eigenvalue weighted by Gasteiger charge is -2.17. The summed E-state index contributed by atoms with van der Waals surface area (Å²) in [6.45, 7) is 5.05. The lowest BCUT2D eigenvalue weighted by molar-refractivity contribution is 0.184. The number of nitrogens with zero attached hydrogens (tertiary/aromatic N) is 2. The highest BCUT2D eigenvalue weighted by Gasteiger charge is 2.23. The normalized spacial score (nSPS) is 14.7. The molecule has 2 N–H and O–H groups in total. The summed E-state index contributed by atoms with van der Waals surface area (Å²) in [5, 5.41) is 0.591. The first kappa shape index (κ1) is 17.5. The van der Waals surface area contributed by atoms with Gasteiger partial charge < -0.3 is 10.5 Å². The molecule has 126 valence electrons. The van der Waals surface area contributed by atoms with Crippen molar-refractivity contribution in [2.45, 2.75) is 52.0 Å². The molecular weight excluding hydrogens is 290 g/mol. The van der Waals surface area contributed by atoms with Gasteiger partial charge in [-0.1, -0.05) is 26.7 Å². The maximum Gasteiger partial charge on any atom is 0.261 e. The monoisotopic (exact) mass is 317 g/mol. The first-order chi connectivity index (χ1) is 11.2. The Morgan fingerprint density at radius 1 is 1.30 bits per heavy atom. The number of rotatable bonds is 4. The fraction of sp³-hybridized carbons (Fsp3) is 0.556. The molecular formula is C18H27N3O2. The van der Waals surface area contributed by atoms with Gasteiger partial charge in [-0.2, -0.15) is 0 Å². The zero-order chi connectivity index (χ0) is 16.8. The largest absolute Gasteiger partial charge is 0.399 e. The maximum atomic E-state index is 12.8. The molecule has 0 unspecified atom stereocenters. The van der Waals surface area contributed by atoms with E-state index in [2.05, 4.69) is 0 Å². The van der Waals surface area contributed by atoms with Crippen LogP contribution >= 0.6 is 0 Å². The van der Waals surface area contributed by atoms with Crippen LogP contribution in [0.5, 0.6) is 0 Å². The Hall–Kier alpha value is -1.88. The summed E-state index contributed by atoms with van der Waals surface area (Å²) in [5.41, 5.74) is 7.13. The first-order valence-electron chi connectivity index (χ1n) is 8.49. The van der Waals surface area contributed by atoms with Crippen molar-refractivity contribution in [3.8, 4) is 0 Å². The topological polar surface area (TPSA) is 70.1 Å². The van der Waals surface area contributed by atoms with Crippen LogP contribution in [-0.2, 0) is 11.3 Å². The minimum Gasteiger partial charge on any atom is -0.399 e. The van der Waals surface area contributed by atoms with Crippen LogP contribution in [0.1, 0.15) is 51.3 Å². The van der Waals surface area contributed by atoms with E-state index in [0.717, 1.165) is 24.2 Å². The molecule has 1 aliphatic rings. The zero-order valence-electron chi connectivity index (χ0n) is 14.3. The van der Waals surface area contributed by atoms with Gasteiger partial charge >= 0.3 is 0 Å². The predicted molar refractivity (Wildman–Crippen MR) is 94.8 cm³/mol. The lowest BCUT2D eigenvalue weighted by atomic mass is 10.1. The Morgan fingerprint density at radius 2 is 2.00 bits per heavy atom. The van der Waals surface area contributed by atoms with Crippen LogP contribution in [0.25, 0.3) is 10.9 Å². The highest BCUT2D eigenvalue weighted by molar-refractivity contribution is 5.81. The van der Waals surface area contributed by atoms with Gasteiger partial charge in [-0.25, -0.2) is 4.98 Å². The van der Waals surface area contributed by atoms with Gasteiger partial charge in [0.25, 0.3) is 5.56 Å². The third-order valence-electron chi connectivity index (χ3n) is 4.25. The Balaban J connectivity index is 0.000000924. The molecule has 3 rings (SSSR count). The molecule has 1 aromatic heterocycles. The van der Waals surface area contributed by atoms with Crippen LogP contribution < -0.4 is 11.3 Å². The number of anilines is 1. The van der Waals surface area contributed by atoms with Gasteiger partial charge in [-0.05, 0) is 31.0 Å². The number of aromatic nitrogens is 2. The van der Waals surface area contributed by atoms with Crippen molar-refractivity contribution in [3.63, 3.8) is 0 Å². The number of ether oxygens (including phenoxy) is 1. The van der Waals surface area contributed by atoms with E-state index in [9.17, 15) is 4.79 Å². The van der Waals surface area contributed by atoms with Gasteiger partial charge in [0.2, 0.25) is 0 Å². The quantitative estimate of drug-likeness (QED) is 0.878. The molecule has 0 aliphatic heterocycles. The van der Waals surface area contributed by atoms with Crippen LogP contribution in [0.3, 0.4) is 0 Å². The second-order valence-electron chi connectivity index (χ2n) is 5.68. The predicted octanol–water partition coefficient (Wildman–Crippen LogP) is 3.31. The number of nitrogen functional groups attached to an aromatic ring is 1. The molecule has 0 bridgehead atoms. The number of hydrogen-bond donors (Lipinski definition) is 1. The number of hydrogen-bond acceptors (Lipinski definition) is 4. The third-order valence-corrected chi connectivity index (χ3v) is 4.25. The van der Waals surface area contributed by atoms with Crippen LogP contribution in [-0.4, -0.2) is 23.3 Å². The van der Waals surface area contributed by atoms with Gasteiger partial charge in [0.1, 0.15) is 5.82 Å². The van der Waals surface area contributed by atoms with Crippen molar-refractivity contribution in [1.82, 2.24) is 9.55 Å². The molecule has 0 saturated heterocycles. The molecule has 2 aromatic rings. The lowest BCUT2D eigenvalue weighted by Crippen LogP contribution is -2.28. The van der Waals surface area contributed by atoms with Gasteiger partial charge in [-0.3, -0.25) is 9.36 Å². The number of nitrogens with two attached hydrogens (primary N) is 1. The standard InChI is InChI=1S/C16H21N3O2.C2H6/c1-21-9-8-19-15(11-4-2-3-5-11)18-14-7-6-12(17)10-13(14)16(19)20;1-2/h6-7,10-11H,2-5,8-9,17H2,1H3;1-2H3. The van der Waals surface area contributed by atoms with Crippen LogP contribution in [0.4, 0.5) is 5.69 Å². The number of fused-ring (bicyclic) bond motifs is 1. The van der Waals surface area contributed by atoms with Crippen LogP contribution in [0.15, 0.2) is 23.0 Å². The summed E-state index contributed by atoms with van der Waals surface area (Å²) in [4.78, 5) is 17.5. The van der Waals surface area contributed by atoms with Crippen molar-refractivity contribution in [1.29, 1.82) is 0 Å². The van der Waals surface area contributed by atoms with Gasteiger partial charge in [0.15, 0.2) is 0 Å². The first-order valence-corrected chi connectivity index (χ1v) is 8.49. The highest BCUT2D eigenvalue weighted by Crippen LogP contribution is 2.33. The molecule has 0 amide bonds. The molecule has 0 atom stereocenters. The summed E-state index contributed by atoms with van der Waals surface area (Å²) in [7, 11) is 1.65. The SMILES string of the molecule is CC.COCCn1c(C2CCCC2)nc2ccc(N)cc2c1=O. The molecule has 1 fully saturated rings. The van der Waals surface area contributed by atoms with Gasteiger partial charge in [-0.15, -0.1) is 0 Å². The molecule has 0 spiro atoms. The van der Waals surface area contributed by atoms with E-state index in [1.54, 1.807) is 23.8 Å². The zero-order valence-corrected chi connectivity index (χ0v) is 14.3. The van der Waals surface area contributed by atoms with Gasteiger partial charge in [0.05, 0.1) is 24.1 Å². The van der Waals surface area contributed by atoms with Crippen molar-refractivity contribution in [2.24, 2.45) is 0 Å². The fourth-order valence-electron chi connectivity index (χ4n) is 3.15. The minimum absolute atomic E-state index is 0.00810. The Labute approximate surface area is 137 Å². The van der Waals surface area contributed by atoms with E-state index in [1.807, 2.05) is 19.9 Å². The van der Waals surface area contributed by atoms with Crippen LogP contribution in [0.2, 0.25) is 0 Å². The molecule has 1 aliphatic carbocycles. The molecule has 5 heteroatoms. The van der Waals surface area contributed by atoms with E-state index < -0.39 is 0 Å².